The molecule has 2 aromatic rings. The number of hydrogen-bond acceptors (Lipinski definition) is 4. The number of rotatable bonds is 3. The summed E-state index contributed by atoms with van der Waals surface area (Å²) in [5.41, 5.74) is 0.664. The second-order valence-electron chi connectivity index (χ2n) is 3.10. The highest BCUT2D eigenvalue weighted by atomic mass is 79.9. The lowest BCUT2D eigenvalue weighted by Gasteiger charge is -2.04. The fourth-order valence-corrected chi connectivity index (χ4v) is 2.44. The standard InChI is InChI=1S/C11H8BrNO2S/c1-7(14)9-6-8(12)2-3-10(9)16-11-13-4-5-15-11/h2-6H,1H3. The first-order chi connectivity index (χ1) is 7.66. The highest BCUT2D eigenvalue weighted by Gasteiger charge is 2.11. The molecule has 0 amide bonds. The van der Waals surface area contributed by atoms with Gasteiger partial charge in [-0.1, -0.05) is 15.9 Å². The van der Waals surface area contributed by atoms with E-state index in [-0.39, 0.29) is 5.78 Å². The van der Waals surface area contributed by atoms with E-state index in [2.05, 4.69) is 20.9 Å². The summed E-state index contributed by atoms with van der Waals surface area (Å²) >= 11 is 4.68. The lowest BCUT2D eigenvalue weighted by Crippen LogP contribution is -1.94. The first kappa shape index (κ1) is 11.4. The van der Waals surface area contributed by atoms with Crippen LogP contribution in [0.3, 0.4) is 0 Å². The van der Waals surface area contributed by atoms with Crippen LogP contribution in [0.15, 0.2) is 49.7 Å². The molecule has 0 bridgehead atoms. The summed E-state index contributed by atoms with van der Waals surface area (Å²) in [5, 5.41) is 0.532. The SMILES string of the molecule is CC(=O)c1cc(Br)ccc1Sc1ncco1. The van der Waals surface area contributed by atoms with Gasteiger partial charge in [-0.3, -0.25) is 4.79 Å². The number of benzene rings is 1. The number of hydrogen-bond donors (Lipinski definition) is 0. The zero-order valence-electron chi connectivity index (χ0n) is 8.44. The molecule has 1 aromatic heterocycles. The predicted molar refractivity (Wildman–Crippen MR) is 64.8 cm³/mol. The number of oxazole rings is 1. The number of carbonyl (C=O) groups is 1. The van der Waals surface area contributed by atoms with Crippen LogP contribution in [0.2, 0.25) is 0 Å². The van der Waals surface area contributed by atoms with E-state index < -0.39 is 0 Å². The molecular formula is C11H8BrNO2S. The normalized spacial score (nSPS) is 10.4. The van der Waals surface area contributed by atoms with Gasteiger partial charge in [0.15, 0.2) is 5.78 Å². The van der Waals surface area contributed by atoms with Crippen LogP contribution < -0.4 is 0 Å². The summed E-state index contributed by atoms with van der Waals surface area (Å²) in [6.45, 7) is 1.54. The Morgan fingerprint density at radius 1 is 1.50 bits per heavy atom. The van der Waals surface area contributed by atoms with Crippen LogP contribution in [-0.2, 0) is 0 Å². The van der Waals surface area contributed by atoms with Gasteiger partial charge in [0.05, 0.1) is 6.20 Å². The molecule has 0 spiro atoms. The third-order valence-electron chi connectivity index (χ3n) is 1.93. The second-order valence-corrected chi connectivity index (χ2v) is 5.01. The van der Waals surface area contributed by atoms with Crippen molar-refractivity contribution in [1.82, 2.24) is 4.98 Å². The molecule has 0 radical (unpaired) electrons. The Hall–Kier alpha value is -1.07. The van der Waals surface area contributed by atoms with Crippen molar-refractivity contribution in [2.45, 2.75) is 17.0 Å². The smallest absolute Gasteiger partial charge is 0.260 e. The molecule has 0 saturated heterocycles. The largest absolute Gasteiger partial charge is 0.440 e. The Labute approximate surface area is 105 Å². The monoisotopic (exact) mass is 297 g/mol. The maximum atomic E-state index is 11.5. The van der Waals surface area contributed by atoms with E-state index >= 15 is 0 Å². The van der Waals surface area contributed by atoms with Crippen LogP contribution in [0.5, 0.6) is 0 Å². The molecule has 0 N–H and O–H groups in total. The molecule has 0 fully saturated rings. The topological polar surface area (TPSA) is 43.1 Å². The molecule has 0 atom stereocenters. The molecule has 2 rings (SSSR count). The Morgan fingerprint density at radius 3 is 2.94 bits per heavy atom. The molecule has 0 aliphatic heterocycles. The highest BCUT2D eigenvalue weighted by molar-refractivity contribution is 9.10. The maximum Gasteiger partial charge on any atom is 0.260 e. The van der Waals surface area contributed by atoms with Gasteiger partial charge in [-0.15, -0.1) is 0 Å². The van der Waals surface area contributed by atoms with E-state index in [0.717, 1.165) is 9.37 Å². The van der Waals surface area contributed by atoms with Gasteiger partial charge in [0.25, 0.3) is 5.22 Å². The quantitative estimate of drug-likeness (QED) is 0.809. The zero-order valence-corrected chi connectivity index (χ0v) is 10.8. The van der Waals surface area contributed by atoms with Crippen molar-refractivity contribution in [1.29, 1.82) is 0 Å². The molecule has 1 heterocycles. The first-order valence-electron chi connectivity index (χ1n) is 4.54. The van der Waals surface area contributed by atoms with Crippen molar-refractivity contribution >= 4 is 33.5 Å². The molecule has 5 heteroatoms. The fourth-order valence-electron chi connectivity index (χ4n) is 1.22. The maximum absolute atomic E-state index is 11.5. The molecule has 0 saturated carbocycles. The van der Waals surface area contributed by atoms with Gasteiger partial charge in [-0.25, -0.2) is 4.98 Å². The van der Waals surface area contributed by atoms with Gasteiger partial charge in [0.1, 0.15) is 6.26 Å². The summed E-state index contributed by atoms with van der Waals surface area (Å²) in [7, 11) is 0. The number of aromatic nitrogens is 1. The van der Waals surface area contributed by atoms with E-state index in [9.17, 15) is 4.79 Å². The molecule has 3 nitrogen and oxygen atoms in total. The average Bonchev–Trinajstić information content (AvgIpc) is 2.73. The third-order valence-corrected chi connectivity index (χ3v) is 3.37. The van der Waals surface area contributed by atoms with Crippen molar-refractivity contribution in [3.63, 3.8) is 0 Å². The molecule has 1 aromatic carbocycles. The molecule has 0 unspecified atom stereocenters. The van der Waals surface area contributed by atoms with Crippen LogP contribution >= 0.6 is 27.7 Å². The van der Waals surface area contributed by atoms with Crippen LogP contribution in [0.25, 0.3) is 0 Å². The summed E-state index contributed by atoms with van der Waals surface area (Å²) in [5.74, 6) is 0.0235. The van der Waals surface area contributed by atoms with E-state index in [4.69, 9.17) is 4.42 Å². The first-order valence-corrected chi connectivity index (χ1v) is 6.15. The number of nitrogens with zero attached hydrogens (tertiary/aromatic N) is 1. The molecular weight excluding hydrogens is 290 g/mol. The van der Waals surface area contributed by atoms with Gasteiger partial charge in [0, 0.05) is 14.9 Å². The number of ketones is 1. The minimum atomic E-state index is 0.0235. The lowest BCUT2D eigenvalue weighted by atomic mass is 10.1. The van der Waals surface area contributed by atoms with Gasteiger partial charge in [-0.2, -0.15) is 0 Å². The summed E-state index contributed by atoms with van der Waals surface area (Å²) in [6, 6.07) is 5.56. The molecule has 16 heavy (non-hydrogen) atoms. The van der Waals surface area contributed by atoms with Crippen molar-refractivity contribution < 1.29 is 9.21 Å². The molecule has 82 valence electrons. The van der Waals surface area contributed by atoms with Crippen LogP contribution in [-0.4, -0.2) is 10.8 Å². The fraction of sp³-hybridized carbons (Fsp3) is 0.0909. The van der Waals surface area contributed by atoms with E-state index in [1.165, 1.54) is 18.0 Å². The van der Waals surface area contributed by atoms with Gasteiger partial charge < -0.3 is 4.42 Å². The Morgan fingerprint density at radius 2 is 2.31 bits per heavy atom. The van der Waals surface area contributed by atoms with Gasteiger partial charge in [0.2, 0.25) is 0 Å². The number of Topliss-reactive ketones (excluding diaryl/α,β-unsaturated/α-hetero) is 1. The Balaban J connectivity index is 2.36. The predicted octanol–water partition coefficient (Wildman–Crippen LogP) is 3.79. The summed E-state index contributed by atoms with van der Waals surface area (Å²) in [6.07, 6.45) is 3.09. The van der Waals surface area contributed by atoms with E-state index in [1.54, 1.807) is 19.2 Å². The minimum absolute atomic E-state index is 0.0235. The van der Waals surface area contributed by atoms with Gasteiger partial charge >= 0.3 is 0 Å². The zero-order chi connectivity index (χ0) is 11.5. The third kappa shape index (κ3) is 2.54. The van der Waals surface area contributed by atoms with E-state index in [0.29, 0.717) is 10.8 Å². The minimum Gasteiger partial charge on any atom is -0.440 e. The molecule has 0 aliphatic carbocycles. The summed E-state index contributed by atoms with van der Waals surface area (Å²) in [4.78, 5) is 16.3. The van der Waals surface area contributed by atoms with E-state index in [1.807, 2.05) is 12.1 Å². The summed E-state index contributed by atoms with van der Waals surface area (Å²) < 4.78 is 6.01. The van der Waals surface area contributed by atoms with Crippen molar-refractivity contribution in [3.05, 3.63) is 40.7 Å². The number of halogens is 1. The Bertz CT molecular complexity index is 511. The Kier molecular flexibility index (Phi) is 3.46. The number of carbonyl (C=O) groups excluding carboxylic acids is 1. The van der Waals surface area contributed by atoms with Crippen LogP contribution in [0.4, 0.5) is 0 Å². The van der Waals surface area contributed by atoms with Crippen LogP contribution in [0, 0.1) is 0 Å². The van der Waals surface area contributed by atoms with Crippen LogP contribution in [0.1, 0.15) is 17.3 Å². The lowest BCUT2D eigenvalue weighted by molar-refractivity contribution is 0.101. The molecule has 0 aliphatic rings. The van der Waals surface area contributed by atoms with Gasteiger partial charge in [-0.05, 0) is 36.9 Å². The average molecular weight is 298 g/mol. The highest BCUT2D eigenvalue weighted by Crippen LogP contribution is 2.31. The van der Waals surface area contributed by atoms with Crippen molar-refractivity contribution in [2.24, 2.45) is 0 Å². The second kappa shape index (κ2) is 4.84. The van der Waals surface area contributed by atoms with Crippen molar-refractivity contribution in [2.75, 3.05) is 0 Å². The van der Waals surface area contributed by atoms with Crippen molar-refractivity contribution in [3.8, 4) is 0 Å².